The summed E-state index contributed by atoms with van der Waals surface area (Å²) in [7, 11) is 1.71. The van der Waals surface area contributed by atoms with Crippen molar-refractivity contribution in [3.63, 3.8) is 0 Å². The Balaban J connectivity index is 2.34. The SMILES string of the molecule is CCOC1(C(=O)c2c(Cl)cnn2C)CCOCC1. The first-order valence-electron chi connectivity index (χ1n) is 6.05. The second kappa shape index (κ2) is 5.38. The van der Waals surface area contributed by atoms with E-state index < -0.39 is 5.60 Å². The molecule has 18 heavy (non-hydrogen) atoms. The maximum absolute atomic E-state index is 12.7. The van der Waals surface area contributed by atoms with Crippen LogP contribution in [0.4, 0.5) is 0 Å². The minimum atomic E-state index is -0.815. The highest BCUT2D eigenvalue weighted by atomic mass is 35.5. The maximum atomic E-state index is 12.7. The molecule has 1 aromatic heterocycles. The van der Waals surface area contributed by atoms with Gasteiger partial charge in [0.1, 0.15) is 11.3 Å². The third-order valence-electron chi connectivity index (χ3n) is 3.24. The third kappa shape index (κ3) is 2.30. The van der Waals surface area contributed by atoms with Crippen LogP contribution in [0.25, 0.3) is 0 Å². The standard InChI is InChI=1S/C12H17ClN2O3/c1-3-18-12(4-6-17-7-5-12)11(16)10-9(13)8-14-15(10)2/h8H,3-7H2,1-2H3. The number of Topliss-reactive ketones (excluding diaryl/α,β-unsaturated/α-hetero) is 1. The van der Waals surface area contributed by atoms with Gasteiger partial charge in [0.05, 0.1) is 11.2 Å². The number of hydrogen-bond donors (Lipinski definition) is 0. The first kappa shape index (κ1) is 13.5. The number of halogens is 1. The third-order valence-corrected chi connectivity index (χ3v) is 3.52. The van der Waals surface area contributed by atoms with Crippen LogP contribution in [-0.4, -0.2) is 41.0 Å². The molecular formula is C12H17ClN2O3. The predicted octanol–water partition coefficient (Wildman–Crippen LogP) is 1.84. The molecule has 0 saturated carbocycles. The fourth-order valence-corrected chi connectivity index (χ4v) is 2.55. The number of ketones is 1. The largest absolute Gasteiger partial charge is 0.381 e. The molecule has 0 radical (unpaired) electrons. The van der Waals surface area contributed by atoms with Crippen molar-refractivity contribution in [3.8, 4) is 0 Å². The van der Waals surface area contributed by atoms with Gasteiger partial charge in [0.15, 0.2) is 0 Å². The van der Waals surface area contributed by atoms with Gasteiger partial charge in [-0.15, -0.1) is 0 Å². The van der Waals surface area contributed by atoms with Gasteiger partial charge in [-0.1, -0.05) is 11.6 Å². The summed E-state index contributed by atoms with van der Waals surface area (Å²) in [6, 6.07) is 0. The summed E-state index contributed by atoms with van der Waals surface area (Å²) in [6.45, 7) is 3.43. The zero-order chi connectivity index (χ0) is 13.2. The summed E-state index contributed by atoms with van der Waals surface area (Å²) in [5.41, 5.74) is -0.406. The molecule has 1 aliphatic heterocycles. The van der Waals surface area contributed by atoms with Crippen molar-refractivity contribution in [2.75, 3.05) is 19.8 Å². The number of rotatable bonds is 4. The zero-order valence-corrected chi connectivity index (χ0v) is 11.4. The predicted molar refractivity (Wildman–Crippen MR) is 67.0 cm³/mol. The van der Waals surface area contributed by atoms with Crippen LogP contribution in [0, 0.1) is 0 Å². The average molecular weight is 273 g/mol. The Kier molecular flexibility index (Phi) is 4.04. The van der Waals surface area contributed by atoms with E-state index >= 15 is 0 Å². The molecule has 100 valence electrons. The molecule has 2 rings (SSSR count). The smallest absolute Gasteiger partial charge is 0.214 e. The highest BCUT2D eigenvalue weighted by Crippen LogP contribution is 2.31. The Morgan fingerprint density at radius 3 is 2.78 bits per heavy atom. The van der Waals surface area contributed by atoms with Gasteiger partial charge in [0.2, 0.25) is 5.78 Å². The Hall–Kier alpha value is -0.910. The molecule has 2 heterocycles. The average Bonchev–Trinajstić information content (AvgIpc) is 2.70. The lowest BCUT2D eigenvalue weighted by Gasteiger charge is -2.35. The molecule has 0 bridgehead atoms. The van der Waals surface area contributed by atoms with E-state index in [0.29, 0.717) is 43.4 Å². The van der Waals surface area contributed by atoms with Crippen molar-refractivity contribution in [1.29, 1.82) is 0 Å². The van der Waals surface area contributed by atoms with Crippen LogP contribution in [0.2, 0.25) is 5.02 Å². The van der Waals surface area contributed by atoms with E-state index in [-0.39, 0.29) is 5.78 Å². The molecule has 0 amide bonds. The van der Waals surface area contributed by atoms with Gasteiger partial charge in [-0.25, -0.2) is 0 Å². The molecule has 1 saturated heterocycles. The first-order valence-corrected chi connectivity index (χ1v) is 6.42. The normalized spacial score (nSPS) is 18.8. The summed E-state index contributed by atoms with van der Waals surface area (Å²) in [5.74, 6) is -0.0994. The lowest BCUT2D eigenvalue weighted by Crippen LogP contribution is -2.47. The van der Waals surface area contributed by atoms with Crippen LogP contribution in [0.15, 0.2) is 6.20 Å². The van der Waals surface area contributed by atoms with Crippen LogP contribution in [0.3, 0.4) is 0 Å². The quantitative estimate of drug-likeness (QED) is 0.785. The summed E-state index contributed by atoms with van der Waals surface area (Å²) in [5, 5.41) is 4.37. The zero-order valence-electron chi connectivity index (χ0n) is 10.6. The Morgan fingerprint density at radius 2 is 2.28 bits per heavy atom. The summed E-state index contributed by atoms with van der Waals surface area (Å²) in [6.07, 6.45) is 2.59. The minimum absolute atomic E-state index is 0.0994. The molecule has 0 aromatic carbocycles. The minimum Gasteiger partial charge on any atom is -0.381 e. The molecule has 0 unspecified atom stereocenters. The van der Waals surface area contributed by atoms with Gasteiger partial charge < -0.3 is 9.47 Å². The van der Waals surface area contributed by atoms with Crippen molar-refractivity contribution < 1.29 is 14.3 Å². The summed E-state index contributed by atoms with van der Waals surface area (Å²) < 4.78 is 12.5. The van der Waals surface area contributed by atoms with Crippen LogP contribution < -0.4 is 0 Å². The van der Waals surface area contributed by atoms with Gasteiger partial charge in [-0.05, 0) is 6.92 Å². The number of ether oxygens (including phenoxy) is 2. The van der Waals surface area contributed by atoms with Crippen molar-refractivity contribution >= 4 is 17.4 Å². The molecule has 0 atom stereocenters. The molecule has 1 fully saturated rings. The summed E-state index contributed by atoms with van der Waals surface area (Å²) in [4.78, 5) is 12.7. The van der Waals surface area contributed by atoms with Gasteiger partial charge in [-0.3, -0.25) is 9.48 Å². The summed E-state index contributed by atoms with van der Waals surface area (Å²) >= 11 is 6.03. The van der Waals surface area contributed by atoms with E-state index in [4.69, 9.17) is 21.1 Å². The lowest BCUT2D eigenvalue weighted by atomic mass is 9.87. The van der Waals surface area contributed by atoms with Gasteiger partial charge >= 0.3 is 0 Å². The number of aryl methyl sites for hydroxylation is 1. The van der Waals surface area contributed by atoms with E-state index in [2.05, 4.69) is 5.10 Å². The van der Waals surface area contributed by atoms with E-state index in [9.17, 15) is 4.79 Å². The molecule has 5 nitrogen and oxygen atoms in total. The molecule has 0 aliphatic carbocycles. The van der Waals surface area contributed by atoms with Gasteiger partial charge in [0.25, 0.3) is 0 Å². The van der Waals surface area contributed by atoms with Crippen molar-refractivity contribution in [1.82, 2.24) is 9.78 Å². The second-order valence-electron chi connectivity index (χ2n) is 4.33. The fraction of sp³-hybridized carbons (Fsp3) is 0.667. The highest BCUT2D eigenvalue weighted by molar-refractivity contribution is 6.34. The van der Waals surface area contributed by atoms with E-state index in [1.54, 1.807) is 7.05 Å². The van der Waals surface area contributed by atoms with E-state index in [1.807, 2.05) is 6.92 Å². The number of carbonyl (C=O) groups excluding carboxylic acids is 1. The fourth-order valence-electron chi connectivity index (χ4n) is 2.30. The molecule has 1 aliphatic rings. The van der Waals surface area contributed by atoms with Crippen LogP contribution in [0.5, 0.6) is 0 Å². The van der Waals surface area contributed by atoms with Crippen molar-refractivity contribution in [2.45, 2.75) is 25.4 Å². The van der Waals surface area contributed by atoms with E-state index in [1.165, 1.54) is 10.9 Å². The topological polar surface area (TPSA) is 53.3 Å². The Labute approximate surface area is 111 Å². The number of nitrogens with zero attached hydrogens (tertiary/aromatic N) is 2. The maximum Gasteiger partial charge on any atom is 0.214 e. The number of carbonyl (C=O) groups is 1. The monoisotopic (exact) mass is 272 g/mol. The van der Waals surface area contributed by atoms with Crippen molar-refractivity contribution in [3.05, 3.63) is 16.9 Å². The molecule has 0 spiro atoms. The van der Waals surface area contributed by atoms with E-state index in [0.717, 1.165) is 0 Å². The molecule has 1 aromatic rings. The Bertz CT molecular complexity index is 414. The number of aromatic nitrogens is 2. The highest BCUT2D eigenvalue weighted by Gasteiger charge is 2.43. The molecular weight excluding hydrogens is 256 g/mol. The molecule has 6 heteroatoms. The molecule has 0 N–H and O–H groups in total. The van der Waals surface area contributed by atoms with Crippen LogP contribution >= 0.6 is 11.6 Å². The Morgan fingerprint density at radius 1 is 1.61 bits per heavy atom. The second-order valence-corrected chi connectivity index (χ2v) is 4.74. The number of hydrogen-bond acceptors (Lipinski definition) is 4. The first-order chi connectivity index (χ1) is 8.60. The van der Waals surface area contributed by atoms with Gasteiger partial charge in [0, 0.05) is 39.7 Å². The van der Waals surface area contributed by atoms with Crippen LogP contribution in [-0.2, 0) is 16.5 Å². The van der Waals surface area contributed by atoms with Crippen LogP contribution in [0.1, 0.15) is 30.3 Å². The lowest BCUT2D eigenvalue weighted by molar-refractivity contribution is -0.0825. The van der Waals surface area contributed by atoms with Gasteiger partial charge in [-0.2, -0.15) is 5.10 Å². The van der Waals surface area contributed by atoms with Crippen molar-refractivity contribution in [2.24, 2.45) is 7.05 Å².